The van der Waals surface area contributed by atoms with Crippen molar-refractivity contribution in [3.8, 4) is 5.75 Å². The van der Waals surface area contributed by atoms with Crippen LogP contribution in [0.3, 0.4) is 0 Å². The first-order chi connectivity index (χ1) is 12.8. The van der Waals surface area contributed by atoms with Gasteiger partial charge in [-0.1, -0.05) is 28.1 Å². The molecular weight excluding hydrogens is 425 g/mol. The zero-order chi connectivity index (χ0) is 19.6. The summed E-state index contributed by atoms with van der Waals surface area (Å²) in [6.07, 6.45) is -3.53. The molecule has 2 aromatic rings. The fourth-order valence-corrected chi connectivity index (χ4v) is 3.54. The van der Waals surface area contributed by atoms with Crippen LogP contribution in [-0.2, 0) is 28.5 Å². The molecule has 0 bridgehead atoms. The number of esters is 1. The average molecular weight is 443 g/mol. The normalized spacial score (nSPS) is 16.1. The molecule has 1 atom stereocenters. The molecule has 3 rings (SSSR count). The monoisotopic (exact) mass is 442 g/mol. The quantitative estimate of drug-likeness (QED) is 0.562. The summed E-state index contributed by atoms with van der Waals surface area (Å²) in [7, 11) is 0. The molecule has 0 spiro atoms. The van der Waals surface area contributed by atoms with E-state index in [1.54, 1.807) is 6.92 Å². The van der Waals surface area contributed by atoms with E-state index in [-0.39, 0.29) is 24.9 Å². The predicted octanol–water partition coefficient (Wildman–Crippen LogP) is 5.64. The third-order valence-electron chi connectivity index (χ3n) is 4.43. The van der Waals surface area contributed by atoms with Gasteiger partial charge < -0.3 is 9.47 Å². The molecule has 0 N–H and O–H groups in total. The lowest BCUT2D eigenvalue weighted by Gasteiger charge is -2.19. The van der Waals surface area contributed by atoms with Crippen molar-refractivity contribution in [3.05, 3.63) is 63.1 Å². The van der Waals surface area contributed by atoms with Gasteiger partial charge in [0, 0.05) is 10.0 Å². The van der Waals surface area contributed by atoms with Gasteiger partial charge in [-0.15, -0.1) is 0 Å². The summed E-state index contributed by atoms with van der Waals surface area (Å²) in [6, 6.07) is 9.04. The van der Waals surface area contributed by atoms with Crippen LogP contribution in [0.1, 0.15) is 41.7 Å². The average Bonchev–Trinajstić information content (AvgIpc) is 2.98. The summed E-state index contributed by atoms with van der Waals surface area (Å²) in [5.74, 6) is -0.438. The van der Waals surface area contributed by atoms with E-state index in [2.05, 4.69) is 15.9 Å². The Morgan fingerprint density at radius 2 is 2.00 bits per heavy atom. The molecule has 2 aromatic carbocycles. The maximum absolute atomic E-state index is 13.1. The van der Waals surface area contributed by atoms with Gasteiger partial charge in [-0.05, 0) is 55.2 Å². The molecule has 3 nitrogen and oxygen atoms in total. The number of carbonyl (C=O) groups is 1. The van der Waals surface area contributed by atoms with Crippen LogP contribution in [0.5, 0.6) is 5.75 Å². The van der Waals surface area contributed by atoms with E-state index < -0.39 is 17.7 Å². The molecular formula is C20H18BrF3O3. The number of alkyl halides is 3. The Labute approximate surface area is 163 Å². The molecule has 27 heavy (non-hydrogen) atoms. The Morgan fingerprint density at radius 3 is 2.70 bits per heavy atom. The van der Waals surface area contributed by atoms with E-state index in [4.69, 9.17) is 9.47 Å². The Balaban J connectivity index is 1.93. The highest BCUT2D eigenvalue weighted by Gasteiger charge is 2.32. The highest BCUT2D eigenvalue weighted by molar-refractivity contribution is 9.10. The zero-order valence-corrected chi connectivity index (χ0v) is 16.2. The van der Waals surface area contributed by atoms with Crippen molar-refractivity contribution in [3.63, 3.8) is 0 Å². The molecule has 1 aliphatic carbocycles. The van der Waals surface area contributed by atoms with Gasteiger partial charge in [0.25, 0.3) is 0 Å². The summed E-state index contributed by atoms with van der Waals surface area (Å²) in [5.41, 5.74) is 1.63. The minimum absolute atomic E-state index is 0.0655. The number of aryl methyl sites for hydroxylation is 1. The predicted molar refractivity (Wildman–Crippen MR) is 97.6 cm³/mol. The summed E-state index contributed by atoms with van der Waals surface area (Å²) in [6.45, 7) is 1.88. The van der Waals surface area contributed by atoms with Crippen LogP contribution in [0.15, 0.2) is 40.9 Å². The highest BCUT2D eigenvalue weighted by atomic mass is 79.9. The Morgan fingerprint density at radius 1 is 1.22 bits per heavy atom. The Kier molecular flexibility index (Phi) is 5.79. The van der Waals surface area contributed by atoms with Gasteiger partial charge in [-0.3, -0.25) is 4.79 Å². The first-order valence-electron chi connectivity index (χ1n) is 8.58. The van der Waals surface area contributed by atoms with Gasteiger partial charge in [0.1, 0.15) is 11.9 Å². The standard InChI is InChI=1S/C20H18BrF3O3/c1-2-26-19(25)9-13-3-6-14(20(22,23)24)10-18(13)27-17-8-5-12-4-7-15(21)11-16(12)17/h3-4,6-7,10-11,17H,2,5,8-9H2,1H3/t17-/m1/s1. The van der Waals surface area contributed by atoms with E-state index in [0.29, 0.717) is 12.0 Å². The second-order valence-electron chi connectivity index (χ2n) is 6.29. The van der Waals surface area contributed by atoms with Crippen LogP contribution in [0.4, 0.5) is 13.2 Å². The topological polar surface area (TPSA) is 35.5 Å². The minimum atomic E-state index is -4.49. The van der Waals surface area contributed by atoms with Gasteiger partial charge in [0.05, 0.1) is 18.6 Å². The fourth-order valence-electron chi connectivity index (χ4n) is 3.17. The molecule has 0 saturated carbocycles. The highest BCUT2D eigenvalue weighted by Crippen LogP contribution is 2.39. The van der Waals surface area contributed by atoms with E-state index in [9.17, 15) is 18.0 Å². The lowest BCUT2D eigenvalue weighted by molar-refractivity contribution is -0.142. The zero-order valence-electron chi connectivity index (χ0n) is 14.6. The van der Waals surface area contributed by atoms with Crippen LogP contribution >= 0.6 is 15.9 Å². The van der Waals surface area contributed by atoms with Crippen molar-refractivity contribution in [1.82, 2.24) is 0 Å². The second kappa shape index (κ2) is 7.92. The summed E-state index contributed by atoms with van der Waals surface area (Å²) in [4.78, 5) is 11.8. The molecule has 0 fully saturated rings. The second-order valence-corrected chi connectivity index (χ2v) is 7.21. The molecule has 0 radical (unpaired) electrons. The SMILES string of the molecule is CCOC(=O)Cc1ccc(C(F)(F)F)cc1O[C@@H]1CCc2ccc(Br)cc21. The van der Waals surface area contributed by atoms with Crippen molar-refractivity contribution < 1.29 is 27.4 Å². The first kappa shape index (κ1) is 19.7. The van der Waals surface area contributed by atoms with Gasteiger partial charge in [-0.2, -0.15) is 13.2 Å². The minimum Gasteiger partial charge on any atom is -0.485 e. The van der Waals surface area contributed by atoms with E-state index in [1.165, 1.54) is 6.07 Å². The molecule has 0 heterocycles. The van der Waals surface area contributed by atoms with Gasteiger partial charge >= 0.3 is 12.1 Å². The third kappa shape index (κ3) is 4.64. The number of benzene rings is 2. The number of ether oxygens (including phenoxy) is 2. The molecule has 144 valence electrons. The molecule has 7 heteroatoms. The van der Waals surface area contributed by atoms with Crippen molar-refractivity contribution >= 4 is 21.9 Å². The number of rotatable bonds is 5. The van der Waals surface area contributed by atoms with E-state index in [1.807, 2.05) is 18.2 Å². The van der Waals surface area contributed by atoms with Crippen LogP contribution in [0, 0.1) is 0 Å². The number of hydrogen-bond acceptors (Lipinski definition) is 3. The van der Waals surface area contributed by atoms with Crippen LogP contribution in [0.2, 0.25) is 0 Å². The number of fused-ring (bicyclic) bond motifs is 1. The summed E-state index contributed by atoms with van der Waals surface area (Å²) >= 11 is 3.41. The maximum atomic E-state index is 13.1. The van der Waals surface area contributed by atoms with Crippen molar-refractivity contribution in [2.24, 2.45) is 0 Å². The Bertz CT molecular complexity index is 849. The van der Waals surface area contributed by atoms with E-state index in [0.717, 1.165) is 34.2 Å². The lowest BCUT2D eigenvalue weighted by atomic mass is 10.1. The molecule has 0 aromatic heterocycles. The lowest BCUT2D eigenvalue weighted by Crippen LogP contribution is -2.12. The molecule has 0 aliphatic heterocycles. The molecule has 0 amide bonds. The van der Waals surface area contributed by atoms with Crippen molar-refractivity contribution in [2.75, 3.05) is 6.61 Å². The van der Waals surface area contributed by atoms with E-state index >= 15 is 0 Å². The molecule has 0 unspecified atom stereocenters. The van der Waals surface area contributed by atoms with Gasteiger partial charge in [0.15, 0.2) is 0 Å². The summed E-state index contributed by atoms with van der Waals surface area (Å²) < 4.78 is 51.2. The van der Waals surface area contributed by atoms with Crippen molar-refractivity contribution in [2.45, 2.75) is 38.5 Å². The van der Waals surface area contributed by atoms with Crippen LogP contribution in [-0.4, -0.2) is 12.6 Å². The van der Waals surface area contributed by atoms with Crippen LogP contribution < -0.4 is 4.74 Å². The largest absolute Gasteiger partial charge is 0.485 e. The van der Waals surface area contributed by atoms with Gasteiger partial charge in [-0.25, -0.2) is 0 Å². The Hall–Kier alpha value is -2.02. The number of carbonyl (C=O) groups excluding carboxylic acids is 1. The number of halogens is 4. The summed E-state index contributed by atoms with van der Waals surface area (Å²) in [5, 5.41) is 0. The number of hydrogen-bond donors (Lipinski definition) is 0. The fraction of sp³-hybridized carbons (Fsp3) is 0.350. The smallest absolute Gasteiger partial charge is 0.416 e. The van der Waals surface area contributed by atoms with Gasteiger partial charge in [0.2, 0.25) is 0 Å². The van der Waals surface area contributed by atoms with Crippen molar-refractivity contribution in [1.29, 1.82) is 0 Å². The van der Waals surface area contributed by atoms with Crippen LogP contribution in [0.25, 0.3) is 0 Å². The molecule has 1 aliphatic rings. The molecule has 0 saturated heterocycles. The third-order valence-corrected chi connectivity index (χ3v) is 4.93. The first-order valence-corrected chi connectivity index (χ1v) is 9.38. The maximum Gasteiger partial charge on any atom is 0.416 e.